The van der Waals surface area contributed by atoms with E-state index in [2.05, 4.69) is 9.71 Å². The molecule has 26 heavy (non-hydrogen) atoms. The summed E-state index contributed by atoms with van der Waals surface area (Å²) >= 11 is 0. The minimum atomic E-state index is -3.81. The predicted octanol–water partition coefficient (Wildman–Crippen LogP) is 4.56. The number of aromatic nitrogens is 1. The molecule has 0 spiro atoms. The average molecular weight is 370 g/mol. The van der Waals surface area contributed by atoms with Crippen LogP contribution < -0.4 is 9.46 Å². The topological polar surface area (TPSA) is 68.3 Å². The third-order valence-corrected chi connectivity index (χ3v) is 5.47. The van der Waals surface area contributed by atoms with E-state index >= 15 is 0 Å². The van der Waals surface area contributed by atoms with Crippen LogP contribution in [0.1, 0.15) is 32.3 Å². The van der Waals surface area contributed by atoms with E-state index in [1.165, 1.54) is 6.20 Å². The lowest BCUT2D eigenvalue weighted by molar-refractivity contribution is 0.331. The first-order chi connectivity index (χ1) is 12.4. The standard InChI is InChI=1S/C20H22N2O3S/c1-4-25-19-10-9-15(14(2)3)12-20(19)26(23,24)22-17-11-16-7-5-6-8-18(16)21-13-17/h5-14,22H,4H2,1-3H3. The Morgan fingerprint density at radius 3 is 2.62 bits per heavy atom. The number of nitrogens with one attached hydrogen (secondary N) is 1. The Labute approximate surface area is 154 Å². The summed E-state index contributed by atoms with van der Waals surface area (Å²) < 4.78 is 34.1. The molecule has 3 rings (SSSR count). The summed E-state index contributed by atoms with van der Waals surface area (Å²) in [6.07, 6.45) is 1.52. The molecular weight excluding hydrogens is 348 g/mol. The van der Waals surface area contributed by atoms with Gasteiger partial charge in [-0.05, 0) is 42.7 Å². The van der Waals surface area contributed by atoms with Gasteiger partial charge < -0.3 is 4.74 Å². The lowest BCUT2D eigenvalue weighted by Gasteiger charge is -2.15. The molecule has 0 atom stereocenters. The SMILES string of the molecule is CCOc1ccc(C(C)C)cc1S(=O)(=O)Nc1cnc2ccccc2c1. The number of anilines is 1. The molecule has 5 nitrogen and oxygen atoms in total. The number of sulfonamides is 1. The van der Waals surface area contributed by atoms with Gasteiger partial charge in [-0.3, -0.25) is 9.71 Å². The van der Waals surface area contributed by atoms with Crippen LogP contribution in [0.5, 0.6) is 5.75 Å². The van der Waals surface area contributed by atoms with Crippen LogP contribution in [-0.4, -0.2) is 20.0 Å². The van der Waals surface area contributed by atoms with Gasteiger partial charge in [0.2, 0.25) is 0 Å². The Kier molecular flexibility index (Phi) is 5.13. The second-order valence-electron chi connectivity index (χ2n) is 6.32. The molecule has 1 aromatic heterocycles. The van der Waals surface area contributed by atoms with Crippen LogP contribution >= 0.6 is 0 Å². The number of fused-ring (bicyclic) bond motifs is 1. The molecule has 0 radical (unpaired) electrons. The number of ether oxygens (including phenoxy) is 1. The van der Waals surface area contributed by atoms with E-state index in [0.717, 1.165) is 16.5 Å². The largest absolute Gasteiger partial charge is 0.492 e. The molecular formula is C20H22N2O3S. The van der Waals surface area contributed by atoms with E-state index in [-0.39, 0.29) is 10.8 Å². The molecule has 0 saturated heterocycles. The van der Waals surface area contributed by atoms with E-state index in [0.29, 0.717) is 18.0 Å². The van der Waals surface area contributed by atoms with Gasteiger partial charge in [-0.15, -0.1) is 0 Å². The maximum absolute atomic E-state index is 13.0. The van der Waals surface area contributed by atoms with Crippen molar-refractivity contribution in [2.24, 2.45) is 0 Å². The van der Waals surface area contributed by atoms with Gasteiger partial charge >= 0.3 is 0 Å². The van der Waals surface area contributed by atoms with Crippen LogP contribution in [0.25, 0.3) is 10.9 Å². The van der Waals surface area contributed by atoms with Crippen molar-refractivity contribution in [1.29, 1.82) is 0 Å². The molecule has 0 amide bonds. The quantitative estimate of drug-likeness (QED) is 0.691. The minimum absolute atomic E-state index is 0.138. The highest BCUT2D eigenvalue weighted by Crippen LogP contribution is 2.30. The van der Waals surface area contributed by atoms with Gasteiger partial charge in [0.1, 0.15) is 10.6 Å². The second kappa shape index (κ2) is 7.33. The summed E-state index contributed by atoms with van der Waals surface area (Å²) in [4.78, 5) is 4.44. The van der Waals surface area contributed by atoms with Crippen molar-refractivity contribution in [3.8, 4) is 5.75 Å². The van der Waals surface area contributed by atoms with Crippen molar-refractivity contribution in [3.05, 3.63) is 60.3 Å². The van der Waals surface area contributed by atoms with Crippen LogP contribution in [-0.2, 0) is 10.0 Å². The fourth-order valence-electron chi connectivity index (χ4n) is 2.71. The molecule has 6 heteroatoms. The third kappa shape index (κ3) is 3.80. The number of hydrogen-bond acceptors (Lipinski definition) is 4. The summed E-state index contributed by atoms with van der Waals surface area (Å²) in [5.41, 5.74) is 2.17. The molecule has 0 aliphatic rings. The number of rotatable bonds is 6. The Bertz CT molecular complexity index is 1030. The maximum Gasteiger partial charge on any atom is 0.265 e. The van der Waals surface area contributed by atoms with Crippen LogP contribution in [0.15, 0.2) is 59.6 Å². The van der Waals surface area contributed by atoms with E-state index in [9.17, 15) is 8.42 Å². The summed E-state index contributed by atoms with van der Waals surface area (Å²) in [6, 6.07) is 14.6. The Hall–Kier alpha value is -2.60. The maximum atomic E-state index is 13.0. The number of hydrogen-bond donors (Lipinski definition) is 1. The van der Waals surface area contributed by atoms with E-state index in [1.807, 2.05) is 51.1 Å². The van der Waals surface area contributed by atoms with Gasteiger partial charge in [0.05, 0.1) is 24.0 Å². The lowest BCUT2D eigenvalue weighted by atomic mass is 10.0. The Morgan fingerprint density at radius 2 is 1.88 bits per heavy atom. The summed E-state index contributed by atoms with van der Waals surface area (Å²) in [7, 11) is -3.81. The number of pyridine rings is 1. The van der Waals surface area contributed by atoms with Crippen LogP contribution in [0.4, 0.5) is 5.69 Å². The summed E-state index contributed by atoms with van der Waals surface area (Å²) in [5.74, 6) is 0.556. The predicted molar refractivity (Wildman–Crippen MR) is 104 cm³/mol. The van der Waals surface area contributed by atoms with Crippen molar-refractivity contribution in [2.75, 3.05) is 11.3 Å². The smallest absolute Gasteiger partial charge is 0.265 e. The molecule has 1 heterocycles. The zero-order valence-electron chi connectivity index (χ0n) is 15.1. The molecule has 1 N–H and O–H groups in total. The molecule has 0 bridgehead atoms. The first-order valence-corrected chi connectivity index (χ1v) is 10.0. The third-order valence-electron chi connectivity index (χ3n) is 4.07. The van der Waals surface area contributed by atoms with E-state index < -0.39 is 10.0 Å². The van der Waals surface area contributed by atoms with Crippen LogP contribution in [0, 0.1) is 0 Å². The lowest BCUT2D eigenvalue weighted by Crippen LogP contribution is -2.15. The van der Waals surface area contributed by atoms with E-state index in [4.69, 9.17) is 4.74 Å². The van der Waals surface area contributed by atoms with Crippen molar-refractivity contribution >= 4 is 26.6 Å². The monoisotopic (exact) mass is 370 g/mol. The molecule has 0 aliphatic heterocycles. The number of nitrogens with zero attached hydrogens (tertiary/aromatic N) is 1. The minimum Gasteiger partial charge on any atom is -0.492 e. The van der Waals surface area contributed by atoms with Gasteiger partial charge in [0.15, 0.2) is 0 Å². The first-order valence-electron chi connectivity index (χ1n) is 8.55. The summed E-state index contributed by atoms with van der Waals surface area (Å²) in [5, 5.41) is 0.869. The van der Waals surface area contributed by atoms with Crippen molar-refractivity contribution in [2.45, 2.75) is 31.6 Å². The molecule has 2 aromatic carbocycles. The zero-order valence-corrected chi connectivity index (χ0v) is 15.9. The van der Waals surface area contributed by atoms with Crippen LogP contribution in [0.3, 0.4) is 0 Å². The average Bonchev–Trinajstić information content (AvgIpc) is 2.61. The van der Waals surface area contributed by atoms with E-state index in [1.54, 1.807) is 18.2 Å². The van der Waals surface area contributed by atoms with Crippen molar-refractivity contribution in [3.63, 3.8) is 0 Å². The highest BCUT2D eigenvalue weighted by Gasteiger charge is 2.21. The highest BCUT2D eigenvalue weighted by molar-refractivity contribution is 7.92. The van der Waals surface area contributed by atoms with Gasteiger partial charge in [-0.1, -0.05) is 38.1 Å². The van der Waals surface area contributed by atoms with Gasteiger partial charge in [-0.2, -0.15) is 0 Å². The van der Waals surface area contributed by atoms with Crippen molar-refractivity contribution in [1.82, 2.24) is 4.98 Å². The Balaban J connectivity index is 2.01. The molecule has 3 aromatic rings. The van der Waals surface area contributed by atoms with Gasteiger partial charge in [-0.25, -0.2) is 8.42 Å². The molecule has 0 aliphatic carbocycles. The normalized spacial score (nSPS) is 11.7. The fraction of sp³-hybridized carbons (Fsp3) is 0.250. The van der Waals surface area contributed by atoms with Crippen LogP contribution in [0.2, 0.25) is 0 Å². The highest BCUT2D eigenvalue weighted by atomic mass is 32.2. The molecule has 0 fully saturated rings. The number of para-hydroxylation sites is 1. The fourth-order valence-corrected chi connectivity index (χ4v) is 3.92. The summed E-state index contributed by atoms with van der Waals surface area (Å²) in [6.45, 7) is 6.26. The van der Waals surface area contributed by atoms with Crippen molar-refractivity contribution < 1.29 is 13.2 Å². The molecule has 0 saturated carbocycles. The Morgan fingerprint density at radius 1 is 1.12 bits per heavy atom. The first kappa shape index (κ1) is 18.2. The van der Waals surface area contributed by atoms with Gasteiger partial charge in [0.25, 0.3) is 10.0 Å². The zero-order chi connectivity index (χ0) is 18.7. The molecule has 0 unspecified atom stereocenters. The second-order valence-corrected chi connectivity index (χ2v) is 7.97. The molecule has 136 valence electrons. The number of benzene rings is 2. The van der Waals surface area contributed by atoms with Gasteiger partial charge in [0, 0.05) is 5.39 Å².